The quantitative estimate of drug-likeness (QED) is 0.681. The van der Waals surface area contributed by atoms with E-state index in [9.17, 15) is 0 Å². The fourth-order valence-corrected chi connectivity index (χ4v) is 2.76. The maximum atomic E-state index is 4.78. The normalized spacial score (nSPS) is 34.6. The summed E-state index contributed by atoms with van der Waals surface area (Å²) in [5, 5.41) is 4.78. The van der Waals surface area contributed by atoms with Crippen LogP contribution in [0.1, 0.15) is 32.1 Å². The zero-order valence-corrected chi connectivity index (χ0v) is 10.2. The molecule has 2 unspecified atom stereocenters. The average Bonchev–Trinajstić information content (AvgIpc) is 2.30. The van der Waals surface area contributed by atoms with Crippen LogP contribution in [-0.2, 0) is 0 Å². The Kier molecular flexibility index (Phi) is 4.00. The van der Waals surface area contributed by atoms with Crippen molar-refractivity contribution in [2.24, 2.45) is 0 Å². The lowest BCUT2D eigenvalue weighted by molar-refractivity contribution is 0.0758. The third-order valence-corrected chi connectivity index (χ3v) is 3.83. The van der Waals surface area contributed by atoms with Crippen molar-refractivity contribution in [2.45, 2.75) is 44.3 Å². The second-order valence-electron chi connectivity index (χ2n) is 5.13. The molecular formula is C12H24N3. The van der Waals surface area contributed by atoms with Crippen molar-refractivity contribution in [1.82, 2.24) is 15.1 Å². The van der Waals surface area contributed by atoms with E-state index in [-0.39, 0.29) is 0 Å². The summed E-state index contributed by atoms with van der Waals surface area (Å²) in [5.41, 5.74) is 0. The lowest BCUT2D eigenvalue weighted by Crippen LogP contribution is -2.52. The van der Waals surface area contributed by atoms with E-state index in [1.54, 1.807) is 0 Å². The second kappa shape index (κ2) is 5.28. The molecular weight excluding hydrogens is 186 g/mol. The molecule has 0 saturated carbocycles. The molecule has 3 heteroatoms. The van der Waals surface area contributed by atoms with Crippen LogP contribution < -0.4 is 5.32 Å². The van der Waals surface area contributed by atoms with Gasteiger partial charge >= 0.3 is 0 Å². The summed E-state index contributed by atoms with van der Waals surface area (Å²) in [4.78, 5) is 4.96. The van der Waals surface area contributed by atoms with Gasteiger partial charge in [-0.25, -0.2) is 5.32 Å². The monoisotopic (exact) mass is 210 g/mol. The first kappa shape index (κ1) is 11.4. The Morgan fingerprint density at radius 1 is 1.13 bits per heavy atom. The Bertz CT molecular complexity index is 187. The van der Waals surface area contributed by atoms with Gasteiger partial charge in [0.1, 0.15) is 0 Å². The molecule has 0 aromatic carbocycles. The number of rotatable bonds is 2. The number of hydrogen-bond acceptors (Lipinski definition) is 2. The molecule has 87 valence electrons. The second-order valence-corrected chi connectivity index (χ2v) is 5.13. The topological polar surface area (TPSA) is 20.6 Å². The molecule has 15 heavy (non-hydrogen) atoms. The molecule has 0 aromatic rings. The molecule has 2 heterocycles. The summed E-state index contributed by atoms with van der Waals surface area (Å²) >= 11 is 0. The summed E-state index contributed by atoms with van der Waals surface area (Å²) in [5.74, 6) is 0. The number of piperidine rings is 2. The molecule has 3 nitrogen and oxygen atoms in total. The van der Waals surface area contributed by atoms with Crippen molar-refractivity contribution < 1.29 is 0 Å². The maximum Gasteiger partial charge on any atom is 0.0775 e. The molecule has 0 aliphatic carbocycles. The average molecular weight is 210 g/mol. The Morgan fingerprint density at radius 3 is 2.53 bits per heavy atom. The van der Waals surface area contributed by atoms with E-state index in [4.69, 9.17) is 5.32 Å². The Labute approximate surface area is 93.8 Å². The molecule has 0 amide bonds. The van der Waals surface area contributed by atoms with Crippen LogP contribution in [0.2, 0.25) is 0 Å². The van der Waals surface area contributed by atoms with Gasteiger partial charge in [-0.05, 0) is 52.9 Å². The van der Waals surface area contributed by atoms with Crippen LogP contribution in [0.3, 0.4) is 0 Å². The third kappa shape index (κ3) is 2.92. The SMILES string of the molecule is CN(C)C1CC[N]C(N2CCCCC2)C1. The Morgan fingerprint density at radius 2 is 1.87 bits per heavy atom. The summed E-state index contributed by atoms with van der Waals surface area (Å²) in [6.45, 7) is 3.60. The zero-order valence-electron chi connectivity index (χ0n) is 10.2. The van der Waals surface area contributed by atoms with Gasteiger partial charge in [0.15, 0.2) is 0 Å². The minimum Gasteiger partial charge on any atom is -0.306 e. The molecule has 0 bridgehead atoms. The molecule has 2 saturated heterocycles. The van der Waals surface area contributed by atoms with E-state index < -0.39 is 0 Å². The largest absolute Gasteiger partial charge is 0.306 e. The highest BCUT2D eigenvalue weighted by molar-refractivity contribution is 4.83. The lowest BCUT2D eigenvalue weighted by Gasteiger charge is -2.40. The lowest BCUT2D eigenvalue weighted by atomic mass is 10.0. The van der Waals surface area contributed by atoms with Crippen LogP contribution in [0.4, 0.5) is 0 Å². The van der Waals surface area contributed by atoms with Crippen molar-refractivity contribution in [3.05, 3.63) is 0 Å². The first-order valence-electron chi connectivity index (χ1n) is 6.34. The van der Waals surface area contributed by atoms with Gasteiger partial charge in [-0.1, -0.05) is 6.42 Å². The Hall–Kier alpha value is -0.120. The number of nitrogens with zero attached hydrogens (tertiary/aromatic N) is 3. The van der Waals surface area contributed by atoms with Crippen LogP contribution in [0.25, 0.3) is 0 Å². The summed E-state index contributed by atoms with van der Waals surface area (Å²) in [6, 6.07) is 0.745. The molecule has 0 N–H and O–H groups in total. The van der Waals surface area contributed by atoms with Gasteiger partial charge in [0, 0.05) is 12.6 Å². The van der Waals surface area contributed by atoms with Gasteiger partial charge in [-0.2, -0.15) is 0 Å². The van der Waals surface area contributed by atoms with Gasteiger partial charge < -0.3 is 4.90 Å². The van der Waals surface area contributed by atoms with Crippen molar-refractivity contribution in [1.29, 1.82) is 0 Å². The Balaban J connectivity index is 1.85. The molecule has 2 rings (SSSR count). The highest BCUT2D eigenvalue weighted by atomic mass is 15.3. The van der Waals surface area contributed by atoms with Gasteiger partial charge in [-0.3, -0.25) is 4.90 Å². The van der Waals surface area contributed by atoms with Gasteiger partial charge in [-0.15, -0.1) is 0 Å². The predicted molar refractivity (Wildman–Crippen MR) is 62.9 cm³/mol. The summed E-state index contributed by atoms with van der Waals surface area (Å²) in [7, 11) is 4.40. The first-order valence-corrected chi connectivity index (χ1v) is 6.34. The van der Waals surface area contributed by atoms with E-state index in [1.807, 2.05) is 0 Å². The standard InChI is InChI=1S/C12H24N3/c1-14(2)11-6-7-13-12(10-11)15-8-4-3-5-9-15/h11-12H,3-10H2,1-2H3. The van der Waals surface area contributed by atoms with E-state index in [0.29, 0.717) is 6.17 Å². The van der Waals surface area contributed by atoms with Crippen molar-refractivity contribution >= 4 is 0 Å². The van der Waals surface area contributed by atoms with Gasteiger partial charge in [0.05, 0.1) is 6.17 Å². The molecule has 2 atom stereocenters. The minimum absolute atomic E-state index is 0.520. The highest BCUT2D eigenvalue weighted by Gasteiger charge is 2.28. The van der Waals surface area contributed by atoms with Crippen LogP contribution >= 0.6 is 0 Å². The fourth-order valence-electron chi connectivity index (χ4n) is 2.76. The third-order valence-electron chi connectivity index (χ3n) is 3.83. The molecule has 2 aliphatic heterocycles. The smallest absolute Gasteiger partial charge is 0.0775 e. The van der Waals surface area contributed by atoms with Crippen molar-refractivity contribution in [3.8, 4) is 0 Å². The minimum atomic E-state index is 0.520. The van der Waals surface area contributed by atoms with E-state index in [2.05, 4.69) is 23.9 Å². The van der Waals surface area contributed by atoms with Crippen molar-refractivity contribution in [3.63, 3.8) is 0 Å². The van der Waals surface area contributed by atoms with Gasteiger partial charge in [0.25, 0.3) is 0 Å². The van der Waals surface area contributed by atoms with Crippen LogP contribution in [0.5, 0.6) is 0 Å². The molecule has 2 aliphatic rings. The summed E-state index contributed by atoms with van der Waals surface area (Å²) < 4.78 is 0. The van der Waals surface area contributed by atoms with E-state index in [0.717, 1.165) is 12.6 Å². The van der Waals surface area contributed by atoms with Crippen molar-refractivity contribution in [2.75, 3.05) is 33.7 Å². The van der Waals surface area contributed by atoms with E-state index in [1.165, 1.54) is 45.2 Å². The van der Waals surface area contributed by atoms with E-state index >= 15 is 0 Å². The molecule has 0 aromatic heterocycles. The van der Waals surface area contributed by atoms with Crippen LogP contribution in [0, 0.1) is 0 Å². The molecule has 2 fully saturated rings. The first-order chi connectivity index (χ1) is 7.27. The molecule has 0 spiro atoms. The zero-order chi connectivity index (χ0) is 10.7. The fraction of sp³-hybridized carbons (Fsp3) is 1.00. The van der Waals surface area contributed by atoms with Gasteiger partial charge in [0.2, 0.25) is 0 Å². The van der Waals surface area contributed by atoms with Crippen LogP contribution in [0.15, 0.2) is 0 Å². The highest BCUT2D eigenvalue weighted by Crippen LogP contribution is 2.20. The number of likely N-dealkylation sites (tertiary alicyclic amines) is 1. The predicted octanol–water partition coefficient (Wildman–Crippen LogP) is 1.13. The summed E-state index contributed by atoms with van der Waals surface area (Å²) in [6.07, 6.45) is 7.17. The molecule has 1 radical (unpaired) electrons. The maximum absolute atomic E-state index is 4.78. The number of hydrogen-bond donors (Lipinski definition) is 0. The van der Waals surface area contributed by atoms with Crippen LogP contribution in [-0.4, -0.2) is 55.7 Å².